The molecular formula is C14H15FN2O6. The van der Waals surface area contributed by atoms with Crippen LogP contribution in [0.25, 0.3) is 0 Å². The smallest absolute Gasteiger partial charge is 0.415 e. The highest BCUT2D eigenvalue weighted by atomic mass is 19.1. The first-order chi connectivity index (χ1) is 10.8. The van der Waals surface area contributed by atoms with Crippen LogP contribution in [0.4, 0.5) is 9.18 Å². The van der Waals surface area contributed by atoms with Crippen molar-refractivity contribution < 1.29 is 33.4 Å². The molecule has 0 radical (unpaired) electrons. The SMILES string of the molecule is CC1=CC=C(C(=O)OC(=O)NC(CC(=O)O)C(=O)CF)C=CN1. The number of hydrogen-bond donors (Lipinski definition) is 3. The number of Topliss-reactive ketones (excluding diaryl/α,β-unsaturated/α-hetero) is 1. The zero-order valence-electron chi connectivity index (χ0n) is 12.2. The predicted octanol–water partition coefficient (Wildman–Crippen LogP) is 0.568. The van der Waals surface area contributed by atoms with E-state index >= 15 is 0 Å². The quantitative estimate of drug-likeness (QED) is 0.482. The van der Waals surface area contributed by atoms with E-state index in [2.05, 4.69) is 10.1 Å². The number of ketones is 1. The Labute approximate surface area is 130 Å². The van der Waals surface area contributed by atoms with Crippen molar-refractivity contribution in [3.8, 4) is 0 Å². The predicted molar refractivity (Wildman–Crippen MR) is 75.8 cm³/mol. The number of amides is 1. The van der Waals surface area contributed by atoms with Crippen LogP contribution in [0.3, 0.4) is 0 Å². The fraction of sp³-hybridized carbons (Fsp3) is 0.286. The molecule has 0 fully saturated rings. The number of halogens is 1. The lowest BCUT2D eigenvalue weighted by molar-refractivity contribution is -0.139. The third-order valence-electron chi connectivity index (χ3n) is 2.70. The average molecular weight is 326 g/mol. The van der Waals surface area contributed by atoms with Gasteiger partial charge in [0.2, 0.25) is 0 Å². The number of alkyl halides is 1. The fourth-order valence-electron chi connectivity index (χ4n) is 1.55. The number of carbonyl (C=O) groups excluding carboxylic acids is 3. The Morgan fingerprint density at radius 3 is 2.65 bits per heavy atom. The van der Waals surface area contributed by atoms with Gasteiger partial charge >= 0.3 is 18.0 Å². The van der Waals surface area contributed by atoms with Gasteiger partial charge in [0.1, 0.15) is 12.7 Å². The number of hydrogen-bond acceptors (Lipinski definition) is 6. The van der Waals surface area contributed by atoms with E-state index in [0.717, 1.165) is 5.70 Å². The van der Waals surface area contributed by atoms with Gasteiger partial charge in [-0.1, -0.05) is 0 Å². The Morgan fingerprint density at radius 2 is 2.04 bits per heavy atom. The van der Waals surface area contributed by atoms with E-state index in [9.17, 15) is 23.6 Å². The third kappa shape index (κ3) is 6.12. The van der Waals surface area contributed by atoms with Crippen LogP contribution >= 0.6 is 0 Å². The molecule has 8 nitrogen and oxygen atoms in total. The third-order valence-corrected chi connectivity index (χ3v) is 2.70. The zero-order chi connectivity index (χ0) is 17.4. The molecule has 0 aromatic carbocycles. The summed E-state index contributed by atoms with van der Waals surface area (Å²) in [4.78, 5) is 45.1. The second-order valence-corrected chi connectivity index (χ2v) is 4.52. The van der Waals surface area contributed by atoms with E-state index in [1.165, 1.54) is 18.4 Å². The van der Waals surface area contributed by atoms with Crippen LogP contribution in [0.5, 0.6) is 0 Å². The highest BCUT2D eigenvalue weighted by Gasteiger charge is 2.25. The van der Waals surface area contributed by atoms with Crippen LogP contribution in [0.2, 0.25) is 0 Å². The van der Waals surface area contributed by atoms with E-state index in [4.69, 9.17) is 5.11 Å². The number of carbonyl (C=O) groups is 4. The van der Waals surface area contributed by atoms with Gasteiger partial charge < -0.3 is 20.5 Å². The lowest BCUT2D eigenvalue weighted by Crippen LogP contribution is -2.43. The van der Waals surface area contributed by atoms with Gasteiger partial charge in [-0.15, -0.1) is 0 Å². The molecule has 0 aromatic rings. The van der Waals surface area contributed by atoms with Crippen molar-refractivity contribution in [3.63, 3.8) is 0 Å². The first-order valence-corrected chi connectivity index (χ1v) is 6.48. The zero-order valence-corrected chi connectivity index (χ0v) is 12.2. The van der Waals surface area contributed by atoms with Gasteiger partial charge in [-0.25, -0.2) is 14.0 Å². The summed E-state index contributed by atoms with van der Waals surface area (Å²) in [7, 11) is 0. The van der Waals surface area contributed by atoms with Crippen LogP contribution in [0.1, 0.15) is 13.3 Å². The standard InChI is InChI=1S/C14H15FN2O6/c1-8-2-3-9(4-5-16-8)13(21)23-14(22)17-10(6-12(19)20)11(18)7-15/h2-5,10,16H,6-7H2,1H3,(H,17,22)(H,19,20). The molecule has 1 unspecified atom stereocenters. The highest BCUT2D eigenvalue weighted by molar-refractivity contribution is 5.99. The maximum absolute atomic E-state index is 12.3. The summed E-state index contributed by atoms with van der Waals surface area (Å²) in [6, 6.07) is -1.61. The molecule has 1 rings (SSSR count). The molecule has 0 aliphatic carbocycles. The minimum Gasteiger partial charge on any atom is -0.481 e. The molecule has 0 spiro atoms. The van der Waals surface area contributed by atoms with Crippen molar-refractivity contribution in [3.05, 3.63) is 35.7 Å². The van der Waals surface area contributed by atoms with Crippen molar-refractivity contribution >= 4 is 23.8 Å². The molecule has 1 aliphatic heterocycles. The maximum atomic E-state index is 12.3. The van der Waals surface area contributed by atoms with Gasteiger partial charge in [0.05, 0.1) is 12.0 Å². The molecule has 3 N–H and O–H groups in total. The van der Waals surface area contributed by atoms with E-state index in [-0.39, 0.29) is 5.57 Å². The molecule has 1 aliphatic rings. The molecule has 1 amide bonds. The summed E-state index contributed by atoms with van der Waals surface area (Å²) in [6.07, 6.45) is 3.65. The molecule has 0 aromatic heterocycles. The lowest BCUT2D eigenvalue weighted by Gasteiger charge is -2.13. The Morgan fingerprint density at radius 1 is 1.35 bits per heavy atom. The molecule has 23 heavy (non-hydrogen) atoms. The van der Waals surface area contributed by atoms with Crippen LogP contribution in [-0.4, -0.2) is 41.6 Å². The number of carboxylic acid groups (broad SMARTS) is 1. The second kappa shape index (κ2) is 8.47. The number of aliphatic carboxylic acids is 1. The first kappa shape index (κ1) is 18.1. The number of rotatable bonds is 6. The normalized spacial score (nSPS) is 14.5. The largest absolute Gasteiger partial charge is 0.481 e. The van der Waals surface area contributed by atoms with Gasteiger partial charge in [-0.2, -0.15) is 0 Å². The van der Waals surface area contributed by atoms with Crippen LogP contribution in [0, 0.1) is 0 Å². The number of carboxylic acids is 1. The molecule has 0 bridgehead atoms. The molecular weight excluding hydrogens is 311 g/mol. The summed E-state index contributed by atoms with van der Waals surface area (Å²) in [5.74, 6) is -3.55. The van der Waals surface area contributed by atoms with Crippen molar-refractivity contribution in [2.75, 3.05) is 6.67 Å². The van der Waals surface area contributed by atoms with Crippen molar-refractivity contribution in [1.82, 2.24) is 10.6 Å². The summed E-state index contributed by atoms with van der Waals surface area (Å²) in [5, 5.41) is 13.3. The molecule has 124 valence electrons. The van der Waals surface area contributed by atoms with Crippen LogP contribution in [0.15, 0.2) is 35.7 Å². The number of alkyl carbamates (subject to hydrolysis) is 1. The molecule has 0 saturated heterocycles. The lowest BCUT2D eigenvalue weighted by atomic mass is 10.1. The van der Waals surface area contributed by atoms with E-state index < -0.39 is 43.0 Å². The second-order valence-electron chi connectivity index (χ2n) is 4.52. The summed E-state index contributed by atoms with van der Waals surface area (Å²) < 4.78 is 16.8. The van der Waals surface area contributed by atoms with E-state index in [1.54, 1.807) is 13.0 Å². The molecule has 0 saturated carbocycles. The molecule has 1 atom stereocenters. The fourth-order valence-corrected chi connectivity index (χ4v) is 1.55. The Hall–Kier alpha value is -2.97. The monoisotopic (exact) mass is 326 g/mol. The first-order valence-electron chi connectivity index (χ1n) is 6.48. The topological polar surface area (TPSA) is 122 Å². The molecule has 1 heterocycles. The average Bonchev–Trinajstić information content (AvgIpc) is 2.69. The summed E-state index contributed by atoms with van der Waals surface area (Å²) in [6.45, 7) is 0.302. The summed E-state index contributed by atoms with van der Waals surface area (Å²) >= 11 is 0. The van der Waals surface area contributed by atoms with Crippen molar-refractivity contribution in [1.29, 1.82) is 0 Å². The van der Waals surface area contributed by atoms with Gasteiger partial charge in [-0.3, -0.25) is 9.59 Å². The van der Waals surface area contributed by atoms with Gasteiger partial charge in [0.25, 0.3) is 0 Å². The number of nitrogens with one attached hydrogen (secondary N) is 2. The minimum atomic E-state index is -1.61. The Balaban J connectivity index is 2.68. The van der Waals surface area contributed by atoms with Gasteiger partial charge in [0, 0.05) is 11.9 Å². The van der Waals surface area contributed by atoms with Gasteiger partial charge in [0.15, 0.2) is 5.78 Å². The number of esters is 1. The van der Waals surface area contributed by atoms with E-state index in [0.29, 0.717) is 0 Å². The van der Waals surface area contributed by atoms with E-state index in [1.807, 2.05) is 5.32 Å². The maximum Gasteiger partial charge on any atom is 0.415 e. The Bertz CT molecular complexity index is 608. The van der Waals surface area contributed by atoms with Crippen LogP contribution < -0.4 is 10.6 Å². The summed E-state index contributed by atoms with van der Waals surface area (Å²) in [5.41, 5.74) is 0.805. The van der Waals surface area contributed by atoms with Crippen LogP contribution in [-0.2, 0) is 19.1 Å². The highest BCUT2D eigenvalue weighted by Crippen LogP contribution is 2.06. The van der Waals surface area contributed by atoms with Gasteiger partial charge in [-0.05, 0) is 25.2 Å². The van der Waals surface area contributed by atoms with Crippen molar-refractivity contribution in [2.45, 2.75) is 19.4 Å². The Kier molecular flexibility index (Phi) is 6.66. The number of ether oxygens (including phenoxy) is 1. The number of allylic oxidation sites excluding steroid dienone is 3. The molecule has 9 heteroatoms. The minimum absolute atomic E-state index is 0.0519. The van der Waals surface area contributed by atoms with Crippen molar-refractivity contribution in [2.24, 2.45) is 0 Å².